The molecule has 0 bridgehead atoms. The fourth-order valence-corrected chi connectivity index (χ4v) is 2.25. The van der Waals surface area contributed by atoms with Crippen molar-refractivity contribution >= 4 is 5.69 Å². The third-order valence-corrected chi connectivity index (χ3v) is 3.37. The molecule has 0 aliphatic carbocycles. The Balaban J connectivity index is 2.14. The number of hydrogen-bond donors (Lipinski definition) is 1. The van der Waals surface area contributed by atoms with Crippen LogP contribution in [0.4, 0.5) is 5.69 Å². The van der Waals surface area contributed by atoms with Crippen molar-refractivity contribution in [1.82, 2.24) is 4.98 Å². The topological polar surface area (TPSA) is 42.2 Å². The molecular formula is C17H23N3. The highest BCUT2D eigenvalue weighted by Gasteiger charge is 2.07. The van der Waals surface area contributed by atoms with Crippen molar-refractivity contribution in [3.8, 4) is 0 Å². The van der Waals surface area contributed by atoms with Crippen LogP contribution in [0.2, 0.25) is 0 Å². The highest BCUT2D eigenvalue weighted by Crippen LogP contribution is 2.17. The Labute approximate surface area is 121 Å². The van der Waals surface area contributed by atoms with Gasteiger partial charge in [0.2, 0.25) is 0 Å². The molecule has 0 saturated heterocycles. The molecule has 0 fully saturated rings. The van der Waals surface area contributed by atoms with Crippen LogP contribution in [-0.4, -0.2) is 11.5 Å². The van der Waals surface area contributed by atoms with E-state index in [0.717, 1.165) is 18.8 Å². The molecule has 20 heavy (non-hydrogen) atoms. The van der Waals surface area contributed by atoms with E-state index >= 15 is 0 Å². The van der Waals surface area contributed by atoms with Crippen LogP contribution in [0.3, 0.4) is 0 Å². The average molecular weight is 269 g/mol. The SMILES string of the molecule is CCCCN(Cc1ccnc(CN)c1)c1ccccc1. The maximum absolute atomic E-state index is 5.66. The number of nitrogens with zero attached hydrogens (tertiary/aromatic N) is 2. The second-order valence-corrected chi connectivity index (χ2v) is 4.97. The summed E-state index contributed by atoms with van der Waals surface area (Å²) < 4.78 is 0. The molecule has 1 aromatic carbocycles. The van der Waals surface area contributed by atoms with E-state index < -0.39 is 0 Å². The lowest BCUT2D eigenvalue weighted by Gasteiger charge is -2.25. The maximum atomic E-state index is 5.66. The van der Waals surface area contributed by atoms with Gasteiger partial charge in [-0.15, -0.1) is 0 Å². The van der Waals surface area contributed by atoms with Gasteiger partial charge in [-0.05, 0) is 36.2 Å². The van der Waals surface area contributed by atoms with E-state index in [4.69, 9.17) is 5.73 Å². The van der Waals surface area contributed by atoms with Gasteiger partial charge >= 0.3 is 0 Å². The lowest BCUT2D eigenvalue weighted by molar-refractivity contribution is 0.715. The Morgan fingerprint density at radius 2 is 1.95 bits per heavy atom. The second-order valence-electron chi connectivity index (χ2n) is 4.97. The summed E-state index contributed by atoms with van der Waals surface area (Å²) in [6, 6.07) is 14.7. The van der Waals surface area contributed by atoms with Crippen LogP contribution in [0.25, 0.3) is 0 Å². The zero-order chi connectivity index (χ0) is 14.2. The third kappa shape index (κ3) is 4.07. The van der Waals surface area contributed by atoms with E-state index in [2.05, 4.69) is 59.3 Å². The molecule has 0 saturated carbocycles. The van der Waals surface area contributed by atoms with Gasteiger partial charge in [0, 0.05) is 31.5 Å². The molecule has 0 amide bonds. The lowest BCUT2D eigenvalue weighted by atomic mass is 10.2. The summed E-state index contributed by atoms with van der Waals surface area (Å²) in [7, 11) is 0. The minimum Gasteiger partial charge on any atom is -0.367 e. The fourth-order valence-electron chi connectivity index (χ4n) is 2.25. The van der Waals surface area contributed by atoms with Crippen LogP contribution in [0.15, 0.2) is 48.7 Å². The molecule has 2 N–H and O–H groups in total. The second kappa shape index (κ2) is 7.65. The molecule has 2 aromatic rings. The summed E-state index contributed by atoms with van der Waals surface area (Å²) in [5, 5.41) is 0. The van der Waals surface area contributed by atoms with Crippen LogP contribution in [0.1, 0.15) is 31.0 Å². The molecule has 3 heteroatoms. The Bertz CT molecular complexity index is 511. The van der Waals surface area contributed by atoms with Gasteiger partial charge in [0.05, 0.1) is 5.69 Å². The van der Waals surface area contributed by atoms with Crippen LogP contribution >= 0.6 is 0 Å². The molecule has 0 aliphatic rings. The van der Waals surface area contributed by atoms with Crippen molar-refractivity contribution in [3.63, 3.8) is 0 Å². The molecule has 0 spiro atoms. The summed E-state index contributed by atoms with van der Waals surface area (Å²) in [5.74, 6) is 0. The number of anilines is 1. The molecule has 0 aliphatic heterocycles. The van der Waals surface area contributed by atoms with Gasteiger partial charge in [-0.2, -0.15) is 0 Å². The molecule has 2 rings (SSSR count). The average Bonchev–Trinajstić information content (AvgIpc) is 2.52. The smallest absolute Gasteiger partial charge is 0.0542 e. The summed E-state index contributed by atoms with van der Waals surface area (Å²) in [5.41, 5.74) is 9.15. The minimum atomic E-state index is 0.494. The molecule has 0 atom stereocenters. The largest absolute Gasteiger partial charge is 0.367 e. The number of pyridine rings is 1. The van der Waals surface area contributed by atoms with Crippen molar-refractivity contribution in [1.29, 1.82) is 0 Å². The minimum absolute atomic E-state index is 0.494. The van der Waals surface area contributed by atoms with E-state index in [9.17, 15) is 0 Å². The Morgan fingerprint density at radius 1 is 1.15 bits per heavy atom. The number of benzene rings is 1. The first kappa shape index (κ1) is 14.5. The van der Waals surface area contributed by atoms with Crippen molar-refractivity contribution in [2.45, 2.75) is 32.9 Å². The third-order valence-electron chi connectivity index (χ3n) is 3.37. The standard InChI is InChI=1S/C17H23N3/c1-2-3-11-20(17-7-5-4-6-8-17)14-15-9-10-19-16(12-15)13-18/h4-10,12H,2-3,11,13-14,18H2,1H3. The predicted octanol–water partition coefficient (Wildman–Crippen LogP) is 3.35. The normalized spacial score (nSPS) is 10.5. The Morgan fingerprint density at radius 3 is 2.65 bits per heavy atom. The van der Waals surface area contributed by atoms with Crippen molar-refractivity contribution in [2.75, 3.05) is 11.4 Å². The zero-order valence-corrected chi connectivity index (χ0v) is 12.1. The summed E-state index contributed by atoms with van der Waals surface area (Å²) in [6.45, 7) is 4.69. The Hall–Kier alpha value is -1.87. The number of hydrogen-bond acceptors (Lipinski definition) is 3. The first-order valence-corrected chi connectivity index (χ1v) is 7.27. The first-order chi connectivity index (χ1) is 9.83. The van der Waals surface area contributed by atoms with E-state index in [0.29, 0.717) is 6.54 Å². The highest BCUT2D eigenvalue weighted by atomic mass is 15.1. The molecule has 0 radical (unpaired) electrons. The molecular weight excluding hydrogens is 246 g/mol. The number of para-hydroxylation sites is 1. The van der Waals surface area contributed by atoms with Gasteiger partial charge in [0.25, 0.3) is 0 Å². The molecule has 1 heterocycles. The number of unbranched alkanes of at least 4 members (excludes halogenated alkanes) is 1. The van der Waals surface area contributed by atoms with E-state index in [-0.39, 0.29) is 0 Å². The molecule has 106 valence electrons. The van der Waals surface area contributed by atoms with Crippen molar-refractivity contribution in [2.24, 2.45) is 5.73 Å². The van der Waals surface area contributed by atoms with Gasteiger partial charge < -0.3 is 10.6 Å². The van der Waals surface area contributed by atoms with Gasteiger partial charge in [-0.25, -0.2) is 0 Å². The van der Waals surface area contributed by atoms with Crippen LogP contribution in [0, 0.1) is 0 Å². The summed E-state index contributed by atoms with van der Waals surface area (Å²) in [6.07, 6.45) is 4.25. The van der Waals surface area contributed by atoms with Crippen LogP contribution < -0.4 is 10.6 Å². The number of aromatic nitrogens is 1. The summed E-state index contributed by atoms with van der Waals surface area (Å²) in [4.78, 5) is 6.67. The quantitative estimate of drug-likeness (QED) is 0.838. The van der Waals surface area contributed by atoms with Crippen molar-refractivity contribution < 1.29 is 0 Å². The Kier molecular flexibility index (Phi) is 5.56. The van der Waals surface area contributed by atoms with Crippen LogP contribution in [-0.2, 0) is 13.1 Å². The van der Waals surface area contributed by atoms with E-state index in [1.807, 2.05) is 6.20 Å². The zero-order valence-electron chi connectivity index (χ0n) is 12.1. The summed E-state index contributed by atoms with van der Waals surface area (Å²) >= 11 is 0. The van der Waals surface area contributed by atoms with Gasteiger partial charge in [0.15, 0.2) is 0 Å². The lowest BCUT2D eigenvalue weighted by Crippen LogP contribution is -2.24. The fraction of sp³-hybridized carbons (Fsp3) is 0.353. The molecule has 1 aromatic heterocycles. The maximum Gasteiger partial charge on any atom is 0.0542 e. The van der Waals surface area contributed by atoms with Crippen LogP contribution in [0.5, 0.6) is 0 Å². The highest BCUT2D eigenvalue weighted by molar-refractivity contribution is 5.46. The first-order valence-electron chi connectivity index (χ1n) is 7.27. The number of rotatable bonds is 7. The van der Waals surface area contributed by atoms with Gasteiger partial charge in [0.1, 0.15) is 0 Å². The van der Waals surface area contributed by atoms with E-state index in [1.165, 1.54) is 24.1 Å². The van der Waals surface area contributed by atoms with Gasteiger partial charge in [-0.3, -0.25) is 4.98 Å². The van der Waals surface area contributed by atoms with Gasteiger partial charge in [-0.1, -0.05) is 31.5 Å². The molecule has 3 nitrogen and oxygen atoms in total. The monoisotopic (exact) mass is 269 g/mol. The molecule has 0 unspecified atom stereocenters. The predicted molar refractivity (Wildman–Crippen MR) is 84.5 cm³/mol. The van der Waals surface area contributed by atoms with Crippen molar-refractivity contribution in [3.05, 3.63) is 59.9 Å². The van der Waals surface area contributed by atoms with E-state index in [1.54, 1.807) is 0 Å². The number of nitrogens with two attached hydrogens (primary N) is 1.